The van der Waals surface area contributed by atoms with Crippen molar-refractivity contribution in [3.63, 3.8) is 0 Å². The molecule has 0 bridgehead atoms. The van der Waals surface area contributed by atoms with Gasteiger partial charge in [0.25, 0.3) is 5.69 Å². The maximum Gasteiger partial charge on any atom is 0.322 e. The van der Waals surface area contributed by atoms with E-state index >= 15 is 0 Å². The van der Waals surface area contributed by atoms with Gasteiger partial charge in [0.05, 0.1) is 29.0 Å². The largest absolute Gasteiger partial charge is 0.465 e. The molecule has 3 rings (SSSR count). The first-order valence-electron chi connectivity index (χ1n) is 10.6. The standard InChI is InChI=1S/C25H26N4O4/c1-3-33-25(30)18(2)26-23(19-10-6-4-7-11-19)24(20-12-8-5-9-13-20)28-27-21-14-16-22(17-15-21)29(31)32/h4-18,23,26-27H,3H2,1-2H3/b28-24+/t18-,23+/m0/s1. The lowest BCUT2D eigenvalue weighted by Crippen LogP contribution is -2.41. The van der Waals surface area contributed by atoms with E-state index in [-0.39, 0.29) is 11.7 Å². The summed E-state index contributed by atoms with van der Waals surface area (Å²) < 4.78 is 5.17. The number of nitro groups is 1. The second-order valence-electron chi connectivity index (χ2n) is 7.26. The number of nitro benzene ring substituents is 1. The number of rotatable bonds is 10. The smallest absolute Gasteiger partial charge is 0.322 e. The third-order valence-electron chi connectivity index (χ3n) is 4.92. The maximum absolute atomic E-state index is 12.3. The number of carbonyl (C=O) groups excluding carboxylic acids is 1. The number of ether oxygens (including phenoxy) is 1. The van der Waals surface area contributed by atoms with Gasteiger partial charge < -0.3 is 4.74 Å². The van der Waals surface area contributed by atoms with Crippen LogP contribution in [0.15, 0.2) is 90.0 Å². The molecular formula is C25H26N4O4. The molecule has 0 unspecified atom stereocenters. The predicted octanol–water partition coefficient (Wildman–Crippen LogP) is 4.69. The molecule has 2 atom stereocenters. The average molecular weight is 447 g/mol. The number of hydrazone groups is 1. The highest BCUT2D eigenvalue weighted by molar-refractivity contribution is 6.05. The first kappa shape index (κ1) is 23.6. The van der Waals surface area contributed by atoms with Crippen molar-refractivity contribution in [3.8, 4) is 0 Å². The monoisotopic (exact) mass is 446 g/mol. The van der Waals surface area contributed by atoms with Crippen LogP contribution in [0.5, 0.6) is 0 Å². The fourth-order valence-electron chi connectivity index (χ4n) is 3.25. The average Bonchev–Trinajstić information content (AvgIpc) is 2.85. The van der Waals surface area contributed by atoms with Crippen molar-refractivity contribution >= 4 is 23.1 Å². The summed E-state index contributed by atoms with van der Waals surface area (Å²) in [5.74, 6) is -0.353. The number of esters is 1. The minimum absolute atomic E-state index is 0.0000903. The van der Waals surface area contributed by atoms with Gasteiger partial charge in [0.2, 0.25) is 0 Å². The van der Waals surface area contributed by atoms with Crippen LogP contribution >= 0.6 is 0 Å². The van der Waals surface area contributed by atoms with Gasteiger partial charge in [0.1, 0.15) is 6.04 Å². The lowest BCUT2D eigenvalue weighted by atomic mass is 9.96. The molecule has 0 aromatic heterocycles. The molecule has 0 aliphatic heterocycles. The van der Waals surface area contributed by atoms with Gasteiger partial charge in [0.15, 0.2) is 0 Å². The van der Waals surface area contributed by atoms with E-state index < -0.39 is 17.0 Å². The van der Waals surface area contributed by atoms with Crippen LogP contribution in [-0.2, 0) is 9.53 Å². The van der Waals surface area contributed by atoms with Crippen molar-refractivity contribution < 1.29 is 14.5 Å². The zero-order valence-electron chi connectivity index (χ0n) is 18.5. The minimum Gasteiger partial charge on any atom is -0.465 e. The van der Waals surface area contributed by atoms with E-state index in [1.807, 2.05) is 60.7 Å². The van der Waals surface area contributed by atoms with E-state index in [9.17, 15) is 14.9 Å². The normalized spacial score (nSPS) is 13.1. The molecule has 0 saturated carbocycles. The SMILES string of the molecule is CCOC(=O)[C@H](C)N[C@@H](/C(=N/Nc1ccc([N+](=O)[O-])cc1)c1ccccc1)c1ccccc1. The summed E-state index contributed by atoms with van der Waals surface area (Å²) in [5.41, 5.74) is 6.01. The summed E-state index contributed by atoms with van der Waals surface area (Å²) in [5, 5.41) is 18.9. The van der Waals surface area contributed by atoms with Gasteiger partial charge >= 0.3 is 5.97 Å². The molecule has 0 spiro atoms. The molecule has 3 aromatic rings. The Morgan fingerprint density at radius 1 is 1.00 bits per heavy atom. The quantitative estimate of drug-likeness (QED) is 0.202. The Labute approximate surface area is 192 Å². The van der Waals surface area contributed by atoms with Crippen LogP contribution in [0.4, 0.5) is 11.4 Å². The second-order valence-corrected chi connectivity index (χ2v) is 7.26. The Morgan fingerprint density at radius 2 is 1.61 bits per heavy atom. The molecule has 33 heavy (non-hydrogen) atoms. The summed E-state index contributed by atoms with van der Waals surface area (Å²) in [4.78, 5) is 22.8. The number of benzene rings is 3. The van der Waals surface area contributed by atoms with Gasteiger partial charge in [-0.25, -0.2) is 0 Å². The third kappa shape index (κ3) is 6.47. The zero-order valence-corrected chi connectivity index (χ0v) is 18.5. The first-order chi connectivity index (χ1) is 16.0. The van der Waals surface area contributed by atoms with Crippen LogP contribution in [-0.4, -0.2) is 29.3 Å². The molecule has 3 aromatic carbocycles. The molecule has 0 amide bonds. The van der Waals surface area contributed by atoms with Crippen molar-refractivity contribution in [2.45, 2.75) is 25.9 Å². The van der Waals surface area contributed by atoms with Crippen LogP contribution < -0.4 is 10.7 Å². The molecule has 0 radical (unpaired) electrons. The van der Waals surface area contributed by atoms with E-state index in [2.05, 4.69) is 15.8 Å². The molecular weight excluding hydrogens is 420 g/mol. The van der Waals surface area contributed by atoms with E-state index in [4.69, 9.17) is 4.74 Å². The Hall–Kier alpha value is -4.04. The van der Waals surface area contributed by atoms with Crippen LogP contribution in [0, 0.1) is 10.1 Å². The van der Waals surface area contributed by atoms with Crippen molar-refractivity contribution in [1.82, 2.24) is 5.32 Å². The molecule has 0 heterocycles. The van der Waals surface area contributed by atoms with Crippen LogP contribution in [0.25, 0.3) is 0 Å². The summed E-state index contributed by atoms with van der Waals surface area (Å²) in [6, 6.07) is 24.3. The highest BCUT2D eigenvalue weighted by atomic mass is 16.6. The molecule has 0 aliphatic carbocycles. The van der Waals surface area contributed by atoms with Gasteiger partial charge in [0, 0.05) is 12.1 Å². The van der Waals surface area contributed by atoms with Crippen LogP contribution in [0.1, 0.15) is 31.0 Å². The Kier molecular flexibility index (Phi) is 8.26. The number of non-ortho nitro benzene ring substituents is 1. The van der Waals surface area contributed by atoms with E-state index in [1.54, 1.807) is 26.0 Å². The number of hydrogen-bond acceptors (Lipinski definition) is 7. The second kappa shape index (κ2) is 11.5. The van der Waals surface area contributed by atoms with Gasteiger partial charge in [-0.2, -0.15) is 5.10 Å². The van der Waals surface area contributed by atoms with Crippen molar-refractivity contribution in [2.75, 3.05) is 12.0 Å². The lowest BCUT2D eigenvalue weighted by molar-refractivity contribution is -0.384. The number of anilines is 1. The molecule has 0 saturated heterocycles. The van der Waals surface area contributed by atoms with Crippen molar-refractivity contribution in [2.24, 2.45) is 5.10 Å². The lowest BCUT2D eigenvalue weighted by Gasteiger charge is -2.25. The summed E-state index contributed by atoms with van der Waals surface area (Å²) in [7, 11) is 0. The number of nitrogens with one attached hydrogen (secondary N) is 2. The van der Waals surface area contributed by atoms with Crippen molar-refractivity contribution in [1.29, 1.82) is 0 Å². The molecule has 170 valence electrons. The molecule has 8 heteroatoms. The Bertz CT molecular complexity index is 1090. The molecule has 0 fully saturated rings. The molecule has 2 N–H and O–H groups in total. The van der Waals surface area contributed by atoms with Gasteiger partial charge in [-0.1, -0.05) is 60.7 Å². The predicted molar refractivity (Wildman–Crippen MR) is 128 cm³/mol. The number of hydrogen-bond donors (Lipinski definition) is 2. The van der Waals surface area contributed by atoms with E-state index in [0.717, 1.165) is 11.1 Å². The van der Waals surface area contributed by atoms with Gasteiger partial charge in [-0.15, -0.1) is 0 Å². The fraction of sp³-hybridized carbons (Fsp3) is 0.200. The van der Waals surface area contributed by atoms with E-state index in [1.165, 1.54) is 12.1 Å². The highest BCUT2D eigenvalue weighted by Crippen LogP contribution is 2.22. The molecule has 0 aliphatic rings. The van der Waals surface area contributed by atoms with Crippen LogP contribution in [0.2, 0.25) is 0 Å². The fourth-order valence-corrected chi connectivity index (χ4v) is 3.25. The zero-order chi connectivity index (χ0) is 23.6. The summed E-state index contributed by atoms with van der Waals surface area (Å²) in [6.07, 6.45) is 0. The minimum atomic E-state index is -0.580. The Morgan fingerprint density at radius 3 is 2.18 bits per heavy atom. The number of carbonyl (C=O) groups is 1. The van der Waals surface area contributed by atoms with Crippen LogP contribution in [0.3, 0.4) is 0 Å². The maximum atomic E-state index is 12.3. The topological polar surface area (TPSA) is 106 Å². The first-order valence-corrected chi connectivity index (χ1v) is 10.6. The summed E-state index contributed by atoms with van der Waals surface area (Å²) in [6.45, 7) is 3.81. The third-order valence-corrected chi connectivity index (χ3v) is 4.92. The van der Waals surface area contributed by atoms with Gasteiger partial charge in [-0.3, -0.25) is 25.7 Å². The summed E-state index contributed by atoms with van der Waals surface area (Å²) >= 11 is 0. The number of nitrogens with zero attached hydrogens (tertiary/aromatic N) is 2. The highest BCUT2D eigenvalue weighted by Gasteiger charge is 2.25. The Balaban J connectivity index is 1.99. The van der Waals surface area contributed by atoms with Crippen molar-refractivity contribution in [3.05, 3.63) is 106 Å². The van der Waals surface area contributed by atoms with E-state index in [0.29, 0.717) is 18.0 Å². The molecule has 8 nitrogen and oxygen atoms in total. The van der Waals surface area contributed by atoms with Gasteiger partial charge in [-0.05, 0) is 37.1 Å².